The lowest BCUT2D eigenvalue weighted by molar-refractivity contribution is 0.0828. The Morgan fingerprint density at radius 1 is 1.44 bits per heavy atom. The van der Waals surface area contributed by atoms with Gasteiger partial charge in [-0.25, -0.2) is 4.79 Å². The Balaban J connectivity index is 1.71. The summed E-state index contributed by atoms with van der Waals surface area (Å²) in [5.41, 5.74) is 1.06. The summed E-state index contributed by atoms with van der Waals surface area (Å²) < 4.78 is 10.3. The fourth-order valence-electron chi connectivity index (χ4n) is 1.57. The highest BCUT2D eigenvalue weighted by molar-refractivity contribution is 5.67. The van der Waals surface area contributed by atoms with E-state index in [2.05, 4.69) is 5.32 Å². The van der Waals surface area contributed by atoms with E-state index in [1.54, 1.807) is 0 Å². The molecule has 2 rings (SSSR count). The lowest BCUT2D eigenvalue weighted by Crippen LogP contribution is -2.28. The average molecular weight is 221 g/mol. The second kappa shape index (κ2) is 5.51. The van der Waals surface area contributed by atoms with Gasteiger partial charge in [-0.2, -0.15) is 0 Å². The molecule has 1 aromatic carbocycles. The number of alkyl carbamates (subject to hydrolysis) is 1. The summed E-state index contributed by atoms with van der Waals surface area (Å²) in [6, 6.07) is 9.73. The maximum Gasteiger partial charge on any atom is 0.407 e. The highest BCUT2D eigenvalue weighted by atomic mass is 16.6. The number of ether oxygens (including phenoxy) is 2. The molecule has 0 aliphatic carbocycles. The first kappa shape index (κ1) is 11.0. The van der Waals surface area contributed by atoms with Crippen molar-refractivity contribution >= 4 is 6.09 Å². The summed E-state index contributed by atoms with van der Waals surface area (Å²) in [7, 11) is 0. The molecule has 1 fully saturated rings. The van der Waals surface area contributed by atoms with E-state index in [1.807, 2.05) is 30.3 Å². The standard InChI is InChI=1S/C12H15NO3/c14-12(16-11-6-7-15-9-11)13-8-10-4-2-1-3-5-10/h1-5,11H,6-9H2,(H,13,14). The van der Waals surface area contributed by atoms with Gasteiger partial charge < -0.3 is 14.8 Å². The molecular weight excluding hydrogens is 206 g/mol. The van der Waals surface area contributed by atoms with Crippen LogP contribution in [0.1, 0.15) is 12.0 Å². The quantitative estimate of drug-likeness (QED) is 0.845. The molecule has 1 saturated heterocycles. The Hall–Kier alpha value is -1.55. The van der Waals surface area contributed by atoms with E-state index in [9.17, 15) is 4.79 Å². The Morgan fingerprint density at radius 2 is 2.25 bits per heavy atom. The molecule has 16 heavy (non-hydrogen) atoms. The van der Waals surface area contributed by atoms with Crippen LogP contribution in [0.4, 0.5) is 4.79 Å². The monoisotopic (exact) mass is 221 g/mol. The maximum atomic E-state index is 11.4. The van der Waals surface area contributed by atoms with Crippen LogP contribution in [0.15, 0.2) is 30.3 Å². The molecule has 4 heteroatoms. The molecule has 0 spiro atoms. The molecular formula is C12H15NO3. The molecule has 1 heterocycles. The molecule has 1 unspecified atom stereocenters. The molecule has 1 aromatic rings. The van der Waals surface area contributed by atoms with Gasteiger partial charge in [-0.3, -0.25) is 0 Å². The number of amides is 1. The Morgan fingerprint density at radius 3 is 2.94 bits per heavy atom. The molecule has 1 N–H and O–H groups in total. The van der Waals surface area contributed by atoms with E-state index >= 15 is 0 Å². The summed E-state index contributed by atoms with van der Waals surface area (Å²) in [6.07, 6.45) is 0.328. The van der Waals surface area contributed by atoms with Gasteiger partial charge in [0.15, 0.2) is 0 Å². The van der Waals surface area contributed by atoms with Crippen LogP contribution in [0.5, 0.6) is 0 Å². The molecule has 0 radical (unpaired) electrons. The van der Waals surface area contributed by atoms with E-state index in [1.165, 1.54) is 0 Å². The molecule has 0 saturated carbocycles. The normalized spacial score (nSPS) is 19.4. The first-order valence-corrected chi connectivity index (χ1v) is 5.41. The minimum Gasteiger partial charge on any atom is -0.444 e. The molecule has 86 valence electrons. The van der Waals surface area contributed by atoms with Gasteiger partial charge >= 0.3 is 6.09 Å². The predicted molar refractivity (Wildman–Crippen MR) is 59.0 cm³/mol. The number of carbonyl (C=O) groups is 1. The second-order valence-corrected chi connectivity index (χ2v) is 3.73. The van der Waals surface area contributed by atoms with Crippen LogP contribution in [-0.4, -0.2) is 25.4 Å². The summed E-state index contributed by atoms with van der Waals surface area (Å²) >= 11 is 0. The fourth-order valence-corrected chi connectivity index (χ4v) is 1.57. The summed E-state index contributed by atoms with van der Waals surface area (Å²) in [5.74, 6) is 0. The molecule has 1 amide bonds. The highest BCUT2D eigenvalue weighted by Gasteiger charge is 2.19. The van der Waals surface area contributed by atoms with E-state index in [0.29, 0.717) is 19.8 Å². The highest BCUT2D eigenvalue weighted by Crippen LogP contribution is 2.08. The fraction of sp³-hybridized carbons (Fsp3) is 0.417. The molecule has 1 aliphatic rings. The zero-order chi connectivity index (χ0) is 11.2. The van der Waals surface area contributed by atoms with E-state index in [0.717, 1.165) is 12.0 Å². The first-order chi connectivity index (χ1) is 7.84. The van der Waals surface area contributed by atoms with Gasteiger partial charge in [0.25, 0.3) is 0 Å². The van der Waals surface area contributed by atoms with Crippen LogP contribution in [0.25, 0.3) is 0 Å². The Bertz CT molecular complexity index is 333. The van der Waals surface area contributed by atoms with Crippen LogP contribution >= 0.6 is 0 Å². The smallest absolute Gasteiger partial charge is 0.407 e. The summed E-state index contributed by atoms with van der Waals surface area (Å²) in [4.78, 5) is 11.4. The van der Waals surface area contributed by atoms with Crippen LogP contribution in [0.3, 0.4) is 0 Å². The van der Waals surface area contributed by atoms with Crippen molar-refractivity contribution in [2.24, 2.45) is 0 Å². The number of nitrogens with one attached hydrogen (secondary N) is 1. The van der Waals surface area contributed by atoms with Gasteiger partial charge in [0, 0.05) is 13.0 Å². The average Bonchev–Trinajstić information content (AvgIpc) is 2.81. The third kappa shape index (κ3) is 3.24. The van der Waals surface area contributed by atoms with Crippen molar-refractivity contribution in [2.45, 2.75) is 19.1 Å². The summed E-state index contributed by atoms with van der Waals surface area (Å²) in [5, 5.41) is 2.71. The third-order valence-electron chi connectivity index (χ3n) is 2.44. The number of carbonyl (C=O) groups excluding carboxylic acids is 1. The van der Waals surface area contributed by atoms with Crippen molar-refractivity contribution in [2.75, 3.05) is 13.2 Å². The van der Waals surface area contributed by atoms with Crippen molar-refractivity contribution in [1.29, 1.82) is 0 Å². The number of rotatable bonds is 3. The van der Waals surface area contributed by atoms with Crippen LogP contribution < -0.4 is 5.32 Å². The van der Waals surface area contributed by atoms with Gasteiger partial charge in [-0.05, 0) is 5.56 Å². The lowest BCUT2D eigenvalue weighted by Gasteiger charge is -2.11. The predicted octanol–water partition coefficient (Wildman–Crippen LogP) is 1.70. The lowest BCUT2D eigenvalue weighted by atomic mass is 10.2. The van der Waals surface area contributed by atoms with Gasteiger partial charge in [-0.15, -0.1) is 0 Å². The molecule has 1 aliphatic heterocycles. The zero-order valence-electron chi connectivity index (χ0n) is 9.02. The van der Waals surface area contributed by atoms with E-state index in [-0.39, 0.29) is 12.2 Å². The molecule has 0 bridgehead atoms. The van der Waals surface area contributed by atoms with Crippen molar-refractivity contribution in [3.8, 4) is 0 Å². The largest absolute Gasteiger partial charge is 0.444 e. The SMILES string of the molecule is O=C(NCc1ccccc1)OC1CCOC1. The first-order valence-electron chi connectivity index (χ1n) is 5.41. The molecule has 0 aromatic heterocycles. The van der Waals surface area contributed by atoms with Crippen molar-refractivity contribution in [1.82, 2.24) is 5.32 Å². The van der Waals surface area contributed by atoms with Gasteiger partial charge in [0.05, 0.1) is 13.2 Å². The topological polar surface area (TPSA) is 47.6 Å². The number of hydrogen-bond donors (Lipinski definition) is 1. The van der Waals surface area contributed by atoms with Crippen LogP contribution in [-0.2, 0) is 16.0 Å². The number of hydrogen-bond acceptors (Lipinski definition) is 3. The minimum absolute atomic E-state index is 0.0872. The Labute approximate surface area is 94.6 Å². The molecule has 1 atom stereocenters. The maximum absolute atomic E-state index is 11.4. The molecule has 4 nitrogen and oxygen atoms in total. The van der Waals surface area contributed by atoms with E-state index in [4.69, 9.17) is 9.47 Å². The van der Waals surface area contributed by atoms with Gasteiger partial charge in [0.2, 0.25) is 0 Å². The van der Waals surface area contributed by atoms with Crippen molar-refractivity contribution < 1.29 is 14.3 Å². The summed E-state index contributed by atoms with van der Waals surface area (Å²) in [6.45, 7) is 1.68. The van der Waals surface area contributed by atoms with Gasteiger partial charge in [-0.1, -0.05) is 30.3 Å². The Kier molecular flexibility index (Phi) is 3.77. The van der Waals surface area contributed by atoms with E-state index < -0.39 is 0 Å². The zero-order valence-corrected chi connectivity index (χ0v) is 9.02. The number of benzene rings is 1. The second-order valence-electron chi connectivity index (χ2n) is 3.73. The van der Waals surface area contributed by atoms with Crippen LogP contribution in [0.2, 0.25) is 0 Å². The minimum atomic E-state index is -0.376. The van der Waals surface area contributed by atoms with Gasteiger partial charge in [0.1, 0.15) is 6.10 Å². The van der Waals surface area contributed by atoms with Crippen molar-refractivity contribution in [3.05, 3.63) is 35.9 Å². The van der Waals surface area contributed by atoms with Crippen LogP contribution in [0, 0.1) is 0 Å². The third-order valence-corrected chi connectivity index (χ3v) is 2.44. The van der Waals surface area contributed by atoms with Crippen molar-refractivity contribution in [3.63, 3.8) is 0 Å².